The summed E-state index contributed by atoms with van der Waals surface area (Å²) in [5.41, 5.74) is -3.58. The molecule has 0 saturated heterocycles. The molecule has 0 aliphatic heterocycles. The minimum absolute atomic E-state index is 0.192. The largest absolute Gasteiger partial charge is 0.480 e. The summed E-state index contributed by atoms with van der Waals surface area (Å²) in [6, 6.07) is 2.68. The van der Waals surface area contributed by atoms with Gasteiger partial charge in [-0.15, -0.1) is 0 Å². The Hall–Kier alpha value is -1.59. The van der Waals surface area contributed by atoms with Gasteiger partial charge in [-0.25, -0.2) is 4.98 Å². The van der Waals surface area contributed by atoms with Gasteiger partial charge in [-0.3, -0.25) is 9.17 Å². The number of aromatic nitrogens is 2. The molecule has 0 fully saturated rings. The van der Waals surface area contributed by atoms with Crippen LogP contribution in [0.3, 0.4) is 0 Å². The number of thioether (sulfide) groups is 1. The summed E-state index contributed by atoms with van der Waals surface area (Å²) in [7, 11) is -2.41. The number of alkyl halides is 3. The second-order valence-electron chi connectivity index (χ2n) is 4.39. The maximum Gasteiger partial charge on any atom is 0.446 e. The zero-order valence-electron chi connectivity index (χ0n) is 11.9. The number of hydrogen-bond acceptors (Lipinski definition) is 7. The van der Waals surface area contributed by atoms with Crippen LogP contribution < -0.4 is 4.74 Å². The van der Waals surface area contributed by atoms with Crippen molar-refractivity contribution in [2.24, 2.45) is 0 Å². The van der Waals surface area contributed by atoms with Crippen LogP contribution >= 0.6 is 11.8 Å². The van der Waals surface area contributed by atoms with E-state index in [4.69, 9.17) is 4.74 Å². The van der Waals surface area contributed by atoms with Crippen LogP contribution in [0.1, 0.15) is 5.56 Å². The van der Waals surface area contributed by atoms with Gasteiger partial charge in [-0.1, -0.05) is 0 Å². The van der Waals surface area contributed by atoms with Crippen LogP contribution in [0.5, 0.6) is 5.88 Å². The number of rotatable bonds is 5. The molecule has 0 spiro atoms. The Morgan fingerprint density at radius 3 is 2.52 bits per heavy atom. The number of hydrogen-bond donors (Lipinski definition) is 0. The number of halogens is 3. The molecule has 126 valence electrons. The third kappa shape index (κ3) is 5.22. The van der Waals surface area contributed by atoms with Gasteiger partial charge in [0.1, 0.15) is 0 Å². The predicted molar refractivity (Wildman–Crippen MR) is 77.6 cm³/mol. The number of pyridine rings is 2. The molecule has 23 heavy (non-hydrogen) atoms. The first kappa shape index (κ1) is 17.8. The molecule has 0 aromatic carbocycles. The monoisotopic (exact) mass is 368 g/mol. The van der Waals surface area contributed by atoms with Crippen LogP contribution in [0.15, 0.2) is 23.2 Å². The van der Waals surface area contributed by atoms with Crippen molar-refractivity contribution in [2.45, 2.75) is 17.0 Å². The van der Waals surface area contributed by atoms with Crippen molar-refractivity contribution in [1.29, 1.82) is 0 Å². The predicted octanol–water partition coefficient (Wildman–Crippen LogP) is 2.73. The van der Waals surface area contributed by atoms with Crippen molar-refractivity contribution >= 4 is 32.9 Å². The molecule has 0 radical (unpaired) electrons. The van der Waals surface area contributed by atoms with Crippen LogP contribution in [-0.2, 0) is 20.9 Å². The van der Waals surface area contributed by atoms with Crippen LogP contribution in [0, 0.1) is 0 Å². The number of fused-ring (bicyclic) bond motifs is 1. The van der Waals surface area contributed by atoms with Crippen LogP contribution in [0.2, 0.25) is 0 Å². The summed E-state index contributed by atoms with van der Waals surface area (Å²) >= 11 is -0.347. The van der Waals surface area contributed by atoms with E-state index in [-0.39, 0.29) is 40.2 Å². The number of methoxy groups -OCH3 is 1. The molecular weight excluding hydrogens is 357 g/mol. The van der Waals surface area contributed by atoms with Crippen molar-refractivity contribution in [3.8, 4) is 5.88 Å². The van der Waals surface area contributed by atoms with Crippen LogP contribution in [-0.4, -0.2) is 37.3 Å². The lowest BCUT2D eigenvalue weighted by molar-refractivity contribution is -0.0329. The fourth-order valence-corrected chi connectivity index (χ4v) is 2.64. The van der Waals surface area contributed by atoms with Gasteiger partial charge in [0.2, 0.25) is 5.88 Å². The van der Waals surface area contributed by atoms with Crippen molar-refractivity contribution in [3.05, 3.63) is 23.9 Å². The van der Waals surface area contributed by atoms with E-state index >= 15 is 0 Å². The maximum absolute atomic E-state index is 12.5. The molecule has 2 aromatic heterocycles. The maximum atomic E-state index is 12.5. The summed E-state index contributed by atoms with van der Waals surface area (Å²) in [6.45, 7) is -0.245. The normalized spacial score (nSPS) is 12.6. The van der Waals surface area contributed by atoms with E-state index in [2.05, 4.69) is 14.2 Å². The van der Waals surface area contributed by atoms with E-state index in [9.17, 15) is 21.6 Å². The second-order valence-corrected chi connectivity index (χ2v) is 7.14. The van der Waals surface area contributed by atoms with E-state index in [1.165, 1.54) is 25.4 Å². The average Bonchev–Trinajstić information content (AvgIpc) is 2.42. The Labute approximate surface area is 134 Å². The molecule has 2 aromatic rings. The molecule has 0 unspecified atom stereocenters. The van der Waals surface area contributed by atoms with Crippen molar-refractivity contribution in [3.63, 3.8) is 0 Å². The highest BCUT2D eigenvalue weighted by Gasteiger charge is 2.31. The summed E-state index contributed by atoms with van der Waals surface area (Å²) in [6.07, 6.45) is 2.22. The number of nitrogens with zero attached hydrogens (tertiary/aromatic N) is 2. The highest BCUT2D eigenvalue weighted by Crippen LogP contribution is 2.41. The zero-order chi connectivity index (χ0) is 17.3. The molecule has 0 aliphatic rings. The first-order valence-corrected chi connectivity index (χ1v) is 8.64. The molecule has 0 aliphatic carbocycles. The highest BCUT2D eigenvalue weighted by atomic mass is 32.2. The Bertz CT molecular complexity index is 825. The standard InChI is InChI=1S/C12H11F3N2O4S2/c1-20-11-10(22-12(13,14)15)4-8-9(17-11)3-7(5-16-8)6-21-23(2,18)19/h3-5H,6H2,1-2H3. The van der Waals surface area contributed by atoms with Crippen molar-refractivity contribution in [1.82, 2.24) is 9.97 Å². The molecule has 0 atom stereocenters. The summed E-state index contributed by atoms with van der Waals surface area (Å²) < 4.78 is 69.0. The third-order valence-electron chi connectivity index (χ3n) is 2.51. The van der Waals surface area contributed by atoms with E-state index in [1.54, 1.807) is 0 Å². The van der Waals surface area contributed by atoms with Gasteiger partial charge in [-0.2, -0.15) is 21.6 Å². The second kappa shape index (κ2) is 6.49. The minimum Gasteiger partial charge on any atom is -0.480 e. The van der Waals surface area contributed by atoms with Gasteiger partial charge in [0, 0.05) is 6.20 Å². The molecule has 0 N–H and O–H groups in total. The Morgan fingerprint density at radius 1 is 1.26 bits per heavy atom. The molecule has 2 heterocycles. The lowest BCUT2D eigenvalue weighted by Crippen LogP contribution is -2.04. The summed E-state index contributed by atoms with van der Waals surface area (Å²) in [5.74, 6) is -0.192. The average molecular weight is 368 g/mol. The quantitative estimate of drug-likeness (QED) is 0.593. The summed E-state index contributed by atoms with van der Waals surface area (Å²) in [4.78, 5) is 7.74. The van der Waals surface area contributed by atoms with Gasteiger partial charge in [-0.05, 0) is 29.5 Å². The lowest BCUT2D eigenvalue weighted by atomic mass is 10.2. The first-order chi connectivity index (χ1) is 10.6. The molecular formula is C12H11F3N2O4S2. The summed E-state index contributed by atoms with van der Waals surface area (Å²) in [5, 5.41) is 0. The fourth-order valence-electron chi connectivity index (χ4n) is 1.65. The molecule has 0 bridgehead atoms. The topological polar surface area (TPSA) is 78.4 Å². The number of ether oxygens (including phenoxy) is 1. The van der Waals surface area contributed by atoms with E-state index < -0.39 is 15.6 Å². The molecule has 0 amide bonds. The smallest absolute Gasteiger partial charge is 0.446 e. The zero-order valence-corrected chi connectivity index (χ0v) is 13.5. The van der Waals surface area contributed by atoms with Gasteiger partial charge >= 0.3 is 5.51 Å². The van der Waals surface area contributed by atoms with Gasteiger partial charge < -0.3 is 4.74 Å². The van der Waals surface area contributed by atoms with Gasteiger partial charge in [0.15, 0.2) is 0 Å². The van der Waals surface area contributed by atoms with Crippen LogP contribution in [0.25, 0.3) is 11.0 Å². The highest BCUT2D eigenvalue weighted by molar-refractivity contribution is 8.00. The molecule has 2 rings (SSSR count). The molecule has 0 saturated carbocycles. The first-order valence-electron chi connectivity index (χ1n) is 6.01. The van der Waals surface area contributed by atoms with Gasteiger partial charge in [0.05, 0.1) is 35.9 Å². The minimum atomic E-state index is -4.48. The molecule has 11 heteroatoms. The molecule has 6 nitrogen and oxygen atoms in total. The van der Waals surface area contributed by atoms with E-state index in [0.717, 1.165) is 6.26 Å². The Balaban J connectivity index is 2.38. The van der Waals surface area contributed by atoms with Gasteiger partial charge in [0.25, 0.3) is 10.1 Å². The van der Waals surface area contributed by atoms with E-state index in [0.29, 0.717) is 5.56 Å². The Morgan fingerprint density at radius 2 is 1.96 bits per heavy atom. The Kier molecular flexibility index (Phi) is 5.01. The SMILES string of the molecule is COc1nc2cc(COS(C)(=O)=O)cnc2cc1SC(F)(F)F. The van der Waals surface area contributed by atoms with E-state index in [1.807, 2.05) is 0 Å². The van der Waals surface area contributed by atoms with Crippen molar-refractivity contribution in [2.75, 3.05) is 13.4 Å². The van der Waals surface area contributed by atoms with Crippen molar-refractivity contribution < 1.29 is 30.5 Å². The fraction of sp³-hybridized carbons (Fsp3) is 0.333. The lowest BCUT2D eigenvalue weighted by Gasteiger charge is -2.11. The third-order valence-corrected chi connectivity index (χ3v) is 3.80. The van der Waals surface area contributed by atoms with Crippen LogP contribution in [0.4, 0.5) is 13.2 Å².